The minimum atomic E-state index is -0.269. The van der Waals surface area contributed by atoms with Crippen LogP contribution in [0.5, 0.6) is 0 Å². The molecule has 1 fully saturated rings. The van der Waals surface area contributed by atoms with Gasteiger partial charge in [0.05, 0.1) is 28.5 Å². The Bertz CT molecular complexity index is 1460. The van der Waals surface area contributed by atoms with Crippen LogP contribution in [0, 0.1) is 13.8 Å². The number of halogens is 2. The molecule has 0 radical (unpaired) electrons. The summed E-state index contributed by atoms with van der Waals surface area (Å²) in [6.07, 6.45) is 1.76. The predicted molar refractivity (Wildman–Crippen MR) is 152 cm³/mol. The number of aromatic nitrogens is 2. The first-order valence-electron chi connectivity index (χ1n) is 11.8. The molecule has 1 amide bonds. The van der Waals surface area contributed by atoms with Gasteiger partial charge in [-0.25, -0.2) is 0 Å². The first-order chi connectivity index (χ1) is 17.8. The fourth-order valence-corrected chi connectivity index (χ4v) is 5.71. The maximum absolute atomic E-state index is 13.1. The van der Waals surface area contributed by atoms with Gasteiger partial charge < -0.3 is 20.1 Å². The van der Waals surface area contributed by atoms with E-state index in [1.54, 1.807) is 12.3 Å². The van der Waals surface area contributed by atoms with Gasteiger partial charge in [-0.2, -0.15) is 0 Å². The molecule has 188 valence electrons. The van der Waals surface area contributed by atoms with E-state index in [4.69, 9.17) is 35.4 Å². The quantitative estimate of drug-likeness (QED) is 0.272. The van der Waals surface area contributed by atoms with E-state index in [0.29, 0.717) is 15.2 Å². The van der Waals surface area contributed by atoms with Crippen LogP contribution in [0.15, 0.2) is 79.0 Å². The minimum absolute atomic E-state index is 0.0834. The summed E-state index contributed by atoms with van der Waals surface area (Å²) in [6.45, 7) is 4.16. The van der Waals surface area contributed by atoms with Crippen molar-refractivity contribution in [2.75, 3.05) is 11.9 Å². The Labute approximate surface area is 231 Å². The number of carbonyl (C=O) groups excluding carboxylic acids is 1. The molecule has 2 aromatic heterocycles. The third-order valence-electron chi connectivity index (χ3n) is 6.51. The van der Waals surface area contributed by atoms with Crippen LogP contribution in [0.3, 0.4) is 0 Å². The first-order valence-corrected chi connectivity index (χ1v) is 13.0. The van der Waals surface area contributed by atoms with Gasteiger partial charge in [0.2, 0.25) is 5.91 Å². The Hall–Kier alpha value is -3.39. The normalized spacial score (nSPS) is 17.1. The van der Waals surface area contributed by atoms with Crippen LogP contribution in [0.2, 0.25) is 10.0 Å². The number of nitrogens with one attached hydrogen (secondary N) is 2. The van der Waals surface area contributed by atoms with Crippen molar-refractivity contribution in [3.63, 3.8) is 0 Å². The number of para-hydroxylation sites is 1. The van der Waals surface area contributed by atoms with Crippen LogP contribution in [-0.2, 0) is 4.79 Å². The lowest BCUT2D eigenvalue weighted by Gasteiger charge is -2.27. The lowest BCUT2D eigenvalue weighted by molar-refractivity contribution is -0.116. The number of rotatable bonds is 6. The van der Waals surface area contributed by atoms with Gasteiger partial charge >= 0.3 is 0 Å². The second kappa shape index (κ2) is 10.5. The van der Waals surface area contributed by atoms with Crippen molar-refractivity contribution < 1.29 is 4.79 Å². The lowest BCUT2D eigenvalue weighted by atomic mass is 9.96. The van der Waals surface area contributed by atoms with Gasteiger partial charge in [-0.1, -0.05) is 47.5 Å². The molecule has 2 atom stereocenters. The first kappa shape index (κ1) is 25.3. The summed E-state index contributed by atoms with van der Waals surface area (Å²) in [7, 11) is 0. The highest BCUT2D eigenvalue weighted by Crippen LogP contribution is 2.42. The van der Waals surface area contributed by atoms with Crippen molar-refractivity contribution in [2.24, 2.45) is 0 Å². The van der Waals surface area contributed by atoms with E-state index >= 15 is 0 Å². The van der Waals surface area contributed by atoms with Gasteiger partial charge in [-0.3, -0.25) is 9.78 Å². The molecule has 6 nitrogen and oxygen atoms in total. The second-order valence-corrected chi connectivity index (χ2v) is 10.2. The van der Waals surface area contributed by atoms with Gasteiger partial charge in [0, 0.05) is 28.3 Å². The molecular formula is C28H25Cl2N5OS. The molecule has 1 aliphatic rings. The van der Waals surface area contributed by atoms with Crippen LogP contribution in [0.25, 0.3) is 5.69 Å². The molecule has 1 saturated heterocycles. The highest BCUT2D eigenvalue weighted by Gasteiger charge is 2.42. The Balaban J connectivity index is 1.55. The third kappa shape index (κ3) is 5.07. The predicted octanol–water partition coefficient (Wildman–Crippen LogP) is 6.41. The van der Waals surface area contributed by atoms with Crippen molar-refractivity contribution in [1.29, 1.82) is 0 Å². The van der Waals surface area contributed by atoms with E-state index in [1.807, 2.05) is 79.4 Å². The zero-order valence-electron chi connectivity index (χ0n) is 20.3. The Kier molecular flexibility index (Phi) is 7.20. The summed E-state index contributed by atoms with van der Waals surface area (Å²) in [6, 6.07) is 22.3. The zero-order chi connectivity index (χ0) is 26.1. The number of hydrogen-bond donors (Lipinski definition) is 2. The molecule has 3 heterocycles. The topological polar surface area (TPSA) is 62.2 Å². The number of pyridine rings is 1. The van der Waals surface area contributed by atoms with E-state index in [0.717, 1.165) is 34.0 Å². The maximum atomic E-state index is 13.1. The molecule has 2 aromatic carbocycles. The Morgan fingerprint density at radius 1 is 1.05 bits per heavy atom. The van der Waals surface area contributed by atoms with Crippen molar-refractivity contribution in [3.8, 4) is 5.69 Å². The fourth-order valence-electron chi connectivity index (χ4n) is 4.91. The third-order valence-corrected chi connectivity index (χ3v) is 7.40. The Morgan fingerprint density at radius 3 is 2.51 bits per heavy atom. The number of carbonyl (C=O) groups is 1. The van der Waals surface area contributed by atoms with Gasteiger partial charge in [0.1, 0.15) is 6.54 Å². The molecule has 0 bridgehead atoms. The number of aryl methyl sites for hydroxylation is 1. The van der Waals surface area contributed by atoms with E-state index < -0.39 is 0 Å². The monoisotopic (exact) mass is 549 g/mol. The highest BCUT2D eigenvalue weighted by molar-refractivity contribution is 7.80. The van der Waals surface area contributed by atoms with Crippen LogP contribution in [-0.4, -0.2) is 32.0 Å². The number of hydrogen-bond acceptors (Lipinski definition) is 3. The second-order valence-electron chi connectivity index (χ2n) is 8.93. The molecule has 0 saturated carbocycles. The largest absolute Gasteiger partial charge is 0.352 e. The summed E-state index contributed by atoms with van der Waals surface area (Å²) >= 11 is 18.5. The summed E-state index contributed by atoms with van der Waals surface area (Å²) in [5.41, 5.74) is 5.44. The zero-order valence-corrected chi connectivity index (χ0v) is 22.6. The van der Waals surface area contributed by atoms with E-state index in [2.05, 4.69) is 26.3 Å². The molecule has 0 aliphatic carbocycles. The summed E-state index contributed by atoms with van der Waals surface area (Å²) in [4.78, 5) is 19.6. The number of amides is 1. The van der Waals surface area contributed by atoms with Gasteiger partial charge in [-0.15, -0.1) is 0 Å². The van der Waals surface area contributed by atoms with Crippen molar-refractivity contribution in [2.45, 2.75) is 25.9 Å². The van der Waals surface area contributed by atoms with Gasteiger partial charge in [0.25, 0.3) is 0 Å². The molecule has 9 heteroatoms. The van der Waals surface area contributed by atoms with E-state index in [-0.39, 0.29) is 24.5 Å². The van der Waals surface area contributed by atoms with Crippen molar-refractivity contribution in [1.82, 2.24) is 19.8 Å². The fraction of sp³-hybridized carbons (Fsp3) is 0.179. The van der Waals surface area contributed by atoms with Crippen LogP contribution >= 0.6 is 35.4 Å². The van der Waals surface area contributed by atoms with E-state index in [1.165, 1.54) is 0 Å². The molecule has 37 heavy (non-hydrogen) atoms. The maximum Gasteiger partial charge on any atom is 0.244 e. The SMILES string of the molecule is Cc1cc(C2C(c3ccccn3)NC(=S)N2CC(=O)Nc2ccccc2)c(C)n1-c1ccc(Cl)cc1Cl. The number of benzene rings is 2. The molecule has 4 aromatic rings. The van der Waals surface area contributed by atoms with Gasteiger partial charge in [0.15, 0.2) is 5.11 Å². The number of thiocarbonyl (C=S) groups is 1. The summed E-state index contributed by atoms with van der Waals surface area (Å²) in [5, 5.41) is 8.01. The smallest absolute Gasteiger partial charge is 0.244 e. The summed E-state index contributed by atoms with van der Waals surface area (Å²) in [5.74, 6) is -0.156. The molecule has 2 N–H and O–H groups in total. The summed E-state index contributed by atoms with van der Waals surface area (Å²) < 4.78 is 2.10. The molecular weight excluding hydrogens is 525 g/mol. The average Bonchev–Trinajstić information content (AvgIpc) is 3.35. The number of nitrogens with zero attached hydrogens (tertiary/aromatic N) is 3. The molecule has 1 aliphatic heterocycles. The average molecular weight is 551 g/mol. The highest BCUT2D eigenvalue weighted by atomic mass is 35.5. The van der Waals surface area contributed by atoms with E-state index in [9.17, 15) is 4.79 Å². The number of anilines is 1. The minimum Gasteiger partial charge on any atom is -0.352 e. The molecule has 5 rings (SSSR count). The van der Waals surface area contributed by atoms with Crippen LogP contribution < -0.4 is 10.6 Å². The van der Waals surface area contributed by atoms with Crippen LogP contribution in [0.1, 0.15) is 34.7 Å². The van der Waals surface area contributed by atoms with Crippen molar-refractivity contribution >= 4 is 52.1 Å². The standard InChI is InChI=1S/C28H25Cl2N5OS/c1-17-14-21(18(2)35(17)24-12-11-19(29)15-22(24)30)27-26(23-10-6-7-13-31-23)33-28(37)34(27)16-25(36)32-20-8-4-3-5-9-20/h3-15,26-27H,16H2,1-2H3,(H,32,36)(H,33,37). The van der Waals surface area contributed by atoms with Crippen LogP contribution in [0.4, 0.5) is 5.69 Å². The van der Waals surface area contributed by atoms with Crippen molar-refractivity contribution in [3.05, 3.63) is 112 Å². The molecule has 2 unspecified atom stereocenters. The lowest BCUT2D eigenvalue weighted by Crippen LogP contribution is -2.37. The van der Waals surface area contributed by atoms with Gasteiger partial charge in [-0.05, 0) is 80.2 Å². The Morgan fingerprint density at radius 2 is 1.81 bits per heavy atom. The molecule has 0 spiro atoms.